The zero-order valence-corrected chi connectivity index (χ0v) is 14.8. The molecule has 0 bridgehead atoms. The van der Waals surface area contributed by atoms with Gasteiger partial charge in [0, 0.05) is 19.0 Å². The summed E-state index contributed by atoms with van der Waals surface area (Å²) in [6.45, 7) is 0.478. The lowest BCUT2D eigenvalue weighted by Crippen LogP contribution is -2.26. The fourth-order valence-corrected chi connectivity index (χ4v) is 2.95. The molecule has 0 radical (unpaired) electrons. The van der Waals surface area contributed by atoms with Crippen molar-refractivity contribution in [3.8, 4) is 11.5 Å². The molecule has 3 rings (SSSR count). The molecule has 0 aromatic heterocycles. The number of benzene rings is 2. The van der Waals surface area contributed by atoms with E-state index in [1.54, 1.807) is 30.2 Å². The number of carbonyl (C=O) groups is 2. The predicted octanol–water partition coefficient (Wildman–Crippen LogP) is 2.80. The molecule has 0 spiro atoms. The number of nitrogens with zero attached hydrogens (tertiary/aromatic N) is 1. The largest absolute Gasteiger partial charge is 0.497 e. The second kappa shape index (κ2) is 7.91. The van der Waals surface area contributed by atoms with Crippen LogP contribution >= 0.6 is 0 Å². The van der Waals surface area contributed by atoms with Crippen molar-refractivity contribution >= 4 is 17.6 Å². The lowest BCUT2D eigenvalue weighted by Gasteiger charge is -2.20. The van der Waals surface area contributed by atoms with Crippen molar-refractivity contribution in [2.45, 2.75) is 13.0 Å². The summed E-state index contributed by atoms with van der Waals surface area (Å²) in [4.78, 5) is 26.3. The summed E-state index contributed by atoms with van der Waals surface area (Å²) in [6, 6.07) is 14.7. The number of hydrogen-bond acceptors (Lipinski definition) is 5. The van der Waals surface area contributed by atoms with Gasteiger partial charge in [-0.3, -0.25) is 9.59 Å². The van der Waals surface area contributed by atoms with E-state index in [9.17, 15) is 9.59 Å². The van der Waals surface area contributed by atoms with Gasteiger partial charge >= 0.3 is 5.97 Å². The average Bonchev–Trinajstić information content (AvgIpc) is 3.08. The van der Waals surface area contributed by atoms with Crippen LogP contribution in [0.5, 0.6) is 11.5 Å². The minimum Gasteiger partial charge on any atom is -0.497 e. The summed E-state index contributed by atoms with van der Waals surface area (Å²) in [5.74, 6) is 0.178. The highest BCUT2D eigenvalue weighted by atomic mass is 16.5. The Bertz CT molecular complexity index is 790. The topological polar surface area (TPSA) is 65.1 Å². The van der Waals surface area contributed by atoms with Crippen molar-refractivity contribution in [1.29, 1.82) is 0 Å². The minimum absolute atomic E-state index is 0.128. The fourth-order valence-electron chi connectivity index (χ4n) is 2.95. The van der Waals surface area contributed by atoms with E-state index in [4.69, 9.17) is 14.2 Å². The molecule has 0 saturated carbocycles. The molecule has 136 valence electrons. The third-order valence-corrected chi connectivity index (χ3v) is 4.36. The highest BCUT2D eigenvalue weighted by molar-refractivity contribution is 6.00. The zero-order chi connectivity index (χ0) is 18.5. The molecule has 1 heterocycles. The summed E-state index contributed by atoms with van der Waals surface area (Å²) in [5, 5.41) is 0. The first-order chi connectivity index (χ1) is 12.6. The van der Waals surface area contributed by atoms with Crippen LogP contribution in [0.2, 0.25) is 0 Å². The van der Waals surface area contributed by atoms with Gasteiger partial charge in [-0.05, 0) is 17.7 Å². The van der Waals surface area contributed by atoms with Gasteiger partial charge < -0.3 is 19.1 Å². The third kappa shape index (κ3) is 3.79. The average molecular weight is 355 g/mol. The Hall–Kier alpha value is -3.02. The van der Waals surface area contributed by atoms with Crippen LogP contribution in [-0.2, 0) is 20.9 Å². The smallest absolute Gasteiger partial charge is 0.311 e. The highest BCUT2D eigenvalue weighted by Gasteiger charge is 2.37. The first-order valence-electron chi connectivity index (χ1n) is 8.35. The second-order valence-corrected chi connectivity index (χ2v) is 6.04. The monoisotopic (exact) mass is 355 g/mol. The van der Waals surface area contributed by atoms with Crippen molar-refractivity contribution in [2.75, 3.05) is 25.7 Å². The second-order valence-electron chi connectivity index (χ2n) is 6.04. The number of amides is 1. The van der Waals surface area contributed by atoms with Gasteiger partial charge in [0.25, 0.3) is 0 Å². The van der Waals surface area contributed by atoms with E-state index >= 15 is 0 Å². The maximum atomic E-state index is 12.4. The van der Waals surface area contributed by atoms with Crippen LogP contribution in [0.4, 0.5) is 5.69 Å². The van der Waals surface area contributed by atoms with Crippen molar-refractivity contribution in [1.82, 2.24) is 0 Å². The van der Waals surface area contributed by atoms with E-state index in [0.29, 0.717) is 17.2 Å². The first-order valence-corrected chi connectivity index (χ1v) is 8.35. The molecular formula is C20H21NO5. The lowest BCUT2D eigenvalue weighted by atomic mass is 10.1. The SMILES string of the molecule is COc1ccc(N2C[C@@H](C(=O)OCc3ccccc3)CC2=O)c(OC)c1. The molecule has 1 atom stereocenters. The molecule has 0 unspecified atom stereocenters. The van der Waals surface area contributed by atoms with Gasteiger partial charge in [0.1, 0.15) is 18.1 Å². The molecular weight excluding hydrogens is 334 g/mol. The van der Waals surface area contributed by atoms with Crippen LogP contribution in [0.25, 0.3) is 0 Å². The molecule has 1 aliphatic heterocycles. The van der Waals surface area contributed by atoms with Gasteiger partial charge in [-0.15, -0.1) is 0 Å². The van der Waals surface area contributed by atoms with Gasteiger partial charge in [0.2, 0.25) is 5.91 Å². The van der Waals surface area contributed by atoms with Crippen molar-refractivity contribution in [3.05, 3.63) is 54.1 Å². The Balaban J connectivity index is 1.67. The Labute approximate surface area is 152 Å². The summed E-state index contributed by atoms with van der Waals surface area (Å²) in [6.07, 6.45) is 0.128. The minimum atomic E-state index is -0.488. The maximum absolute atomic E-state index is 12.4. The first kappa shape index (κ1) is 17.8. The number of rotatable bonds is 6. The summed E-state index contributed by atoms with van der Waals surface area (Å²) in [5.41, 5.74) is 1.54. The fraction of sp³-hybridized carbons (Fsp3) is 0.300. The molecule has 0 N–H and O–H groups in total. The molecule has 1 fully saturated rings. The Morgan fingerprint density at radius 1 is 1.12 bits per heavy atom. The Morgan fingerprint density at radius 2 is 1.88 bits per heavy atom. The van der Waals surface area contributed by atoms with Gasteiger partial charge in [-0.1, -0.05) is 30.3 Å². The van der Waals surface area contributed by atoms with Crippen LogP contribution in [0.3, 0.4) is 0 Å². The van der Waals surface area contributed by atoms with E-state index in [1.165, 1.54) is 7.11 Å². The van der Waals surface area contributed by atoms with E-state index in [0.717, 1.165) is 5.56 Å². The summed E-state index contributed by atoms with van der Waals surface area (Å²) >= 11 is 0. The Kier molecular flexibility index (Phi) is 5.41. The number of hydrogen-bond donors (Lipinski definition) is 0. The molecule has 2 aromatic rings. The van der Waals surface area contributed by atoms with Crippen molar-refractivity contribution in [2.24, 2.45) is 5.92 Å². The number of carbonyl (C=O) groups excluding carboxylic acids is 2. The number of esters is 1. The van der Waals surface area contributed by atoms with Crippen molar-refractivity contribution < 1.29 is 23.8 Å². The molecule has 1 saturated heterocycles. The zero-order valence-electron chi connectivity index (χ0n) is 14.8. The van der Waals surface area contributed by atoms with Crippen LogP contribution in [0, 0.1) is 5.92 Å². The third-order valence-electron chi connectivity index (χ3n) is 4.36. The number of ether oxygens (including phenoxy) is 3. The number of anilines is 1. The molecule has 0 aliphatic carbocycles. The van der Waals surface area contributed by atoms with E-state index < -0.39 is 5.92 Å². The highest BCUT2D eigenvalue weighted by Crippen LogP contribution is 2.36. The summed E-state index contributed by atoms with van der Waals surface area (Å²) < 4.78 is 15.9. The van der Waals surface area contributed by atoms with Crippen LogP contribution in [0.1, 0.15) is 12.0 Å². The van der Waals surface area contributed by atoms with Gasteiger partial charge in [0.05, 0.1) is 25.8 Å². The molecule has 1 amide bonds. The predicted molar refractivity (Wildman–Crippen MR) is 96.2 cm³/mol. The van der Waals surface area contributed by atoms with Crippen molar-refractivity contribution in [3.63, 3.8) is 0 Å². The van der Waals surface area contributed by atoms with Gasteiger partial charge in [-0.2, -0.15) is 0 Å². The molecule has 2 aromatic carbocycles. The van der Waals surface area contributed by atoms with Crippen LogP contribution < -0.4 is 14.4 Å². The lowest BCUT2D eigenvalue weighted by molar-refractivity contribution is -0.149. The molecule has 26 heavy (non-hydrogen) atoms. The Morgan fingerprint density at radius 3 is 2.58 bits per heavy atom. The summed E-state index contributed by atoms with van der Waals surface area (Å²) in [7, 11) is 3.10. The standard InChI is InChI=1S/C20H21NO5/c1-24-16-8-9-17(18(11-16)25-2)21-12-15(10-19(21)22)20(23)26-13-14-6-4-3-5-7-14/h3-9,11,15H,10,12-13H2,1-2H3/t15-/m0/s1. The molecule has 6 nitrogen and oxygen atoms in total. The van der Waals surface area contributed by atoms with E-state index in [2.05, 4.69) is 0 Å². The van der Waals surface area contributed by atoms with E-state index in [1.807, 2.05) is 30.3 Å². The van der Waals surface area contributed by atoms with Gasteiger partial charge in [-0.25, -0.2) is 0 Å². The maximum Gasteiger partial charge on any atom is 0.311 e. The van der Waals surface area contributed by atoms with E-state index in [-0.39, 0.29) is 31.4 Å². The van der Waals surface area contributed by atoms with Gasteiger partial charge in [0.15, 0.2) is 0 Å². The normalized spacial score (nSPS) is 16.5. The molecule has 1 aliphatic rings. The number of methoxy groups -OCH3 is 2. The molecule has 6 heteroatoms. The van der Waals surface area contributed by atoms with Crippen LogP contribution in [0.15, 0.2) is 48.5 Å². The van der Waals surface area contributed by atoms with Crippen LogP contribution in [-0.4, -0.2) is 32.6 Å². The quantitative estimate of drug-likeness (QED) is 0.746.